The molecule has 1 aromatic carbocycles. The fourth-order valence-electron chi connectivity index (χ4n) is 2.28. The van der Waals surface area contributed by atoms with Gasteiger partial charge in [-0.2, -0.15) is 0 Å². The predicted octanol–water partition coefficient (Wildman–Crippen LogP) is 3.28. The molecule has 1 atom stereocenters. The van der Waals surface area contributed by atoms with Crippen LogP contribution in [0.4, 0.5) is 5.69 Å². The molecule has 17 heavy (non-hydrogen) atoms. The van der Waals surface area contributed by atoms with Crippen molar-refractivity contribution in [1.29, 1.82) is 0 Å². The lowest BCUT2D eigenvalue weighted by atomic mass is 9.77. The Bertz CT molecular complexity index is 429. The molecule has 1 unspecified atom stereocenters. The molecule has 1 aliphatic rings. The highest BCUT2D eigenvalue weighted by atomic mass is 35.5. The Morgan fingerprint density at radius 2 is 2.24 bits per heavy atom. The largest absolute Gasteiger partial charge is 0.481 e. The molecule has 0 bridgehead atoms. The lowest BCUT2D eigenvalue weighted by Crippen LogP contribution is -2.21. The van der Waals surface area contributed by atoms with Crippen LogP contribution in [0.5, 0.6) is 0 Å². The van der Waals surface area contributed by atoms with Gasteiger partial charge < -0.3 is 10.8 Å². The van der Waals surface area contributed by atoms with Crippen LogP contribution in [0.2, 0.25) is 5.02 Å². The van der Waals surface area contributed by atoms with Crippen molar-refractivity contribution >= 4 is 23.3 Å². The molecule has 0 radical (unpaired) electrons. The van der Waals surface area contributed by atoms with Gasteiger partial charge in [0, 0.05) is 0 Å². The zero-order valence-electron chi connectivity index (χ0n) is 9.53. The number of carbonyl (C=O) groups is 1. The van der Waals surface area contributed by atoms with Crippen LogP contribution < -0.4 is 5.73 Å². The molecule has 0 heterocycles. The Balaban J connectivity index is 2.25. The highest BCUT2D eigenvalue weighted by Crippen LogP contribution is 2.38. The maximum Gasteiger partial charge on any atom is 0.311 e. The van der Waals surface area contributed by atoms with Gasteiger partial charge in [0.1, 0.15) is 0 Å². The lowest BCUT2D eigenvalue weighted by Gasteiger charge is -2.28. The summed E-state index contributed by atoms with van der Waals surface area (Å²) >= 11 is 5.93. The molecule has 92 valence electrons. The third-order valence-corrected chi connectivity index (χ3v) is 3.88. The van der Waals surface area contributed by atoms with E-state index in [1.165, 1.54) is 6.42 Å². The standard InChI is InChI=1S/C13H16ClNO2/c14-11-6-2-5-9(12(11)15)10(13(16)17)7-8-3-1-4-8/h2,5-6,8,10H,1,3-4,7,15H2,(H,16,17). The zero-order valence-corrected chi connectivity index (χ0v) is 10.3. The fraction of sp³-hybridized carbons (Fsp3) is 0.462. The van der Waals surface area contributed by atoms with E-state index in [9.17, 15) is 9.90 Å². The molecule has 0 aromatic heterocycles. The summed E-state index contributed by atoms with van der Waals surface area (Å²) < 4.78 is 0. The number of nitrogen functional groups attached to an aromatic ring is 1. The van der Waals surface area contributed by atoms with Gasteiger partial charge in [-0.05, 0) is 24.0 Å². The van der Waals surface area contributed by atoms with E-state index in [2.05, 4.69) is 0 Å². The highest BCUT2D eigenvalue weighted by Gasteiger charge is 2.29. The van der Waals surface area contributed by atoms with Crippen molar-refractivity contribution in [2.45, 2.75) is 31.6 Å². The Morgan fingerprint density at radius 1 is 1.53 bits per heavy atom. The summed E-state index contributed by atoms with van der Waals surface area (Å²) in [5, 5.41) is 9.74. The van der Waals surface area contributed by atoms with Crippen molar-refractivity contribution in [3.63, 3.8) is 0 Å². The lowest BCUT2D eigenvalue weighted by molar-refractivity contribution is -0.139. The summed E-state index contributed by atoms with van der Waals surface area (Å²) in [6.45, 7) is 0. The van der Waals surface area contributed by atoms with E-state index in [-0.39, 0.29) is 0 Å². The van der Waals surface area contributed by atoms with E-state index in [1.54, 1.807) is 18.2 Å². The van der Waals surface area contributed by atoms with Crippen molar-refractivity contribution in [2.75, 3.05) is 5.73 Å². The number of nitrogens with two attached hydrogens (primary N) is 1. The van der Waals surface area contributed by atoms with E-state index < -0.39 is 11.9 Å². The normalized spacial score (nSPS) is 17.5. The first-order valence-corrected chi connectivity index (χ1v) is 6.24. The zero-order chi connectivity index (χ0) is 12.4. The summed E-state index contributed by atoms with van der Waals surface area (Å²) in [5.74, 6) is -0.820. The number of anilines is 1. The molecule has 0 amide bonds. The minimum absolute atomic E-state index is 0.404. The molecule has 1 saturated carbocycles. The molecule has 1 aliphatic carbocycles. The average Bonchev–Trinajstić information content (AvgIpc) is 2.21. The minimum Gasteiger partial charge on any atom is -0.481 e. The van der Waals surface area contributed by atoms with Crippen LogP contribution in [0.25, 0.3) is 0 Å². The Kier molecular flexibility index (Phi) is 3.57. The first-order valence-electron chi connectivity index (χ1n) is 5.86. The monoisotopic (exact) mass is 253 g/mol. The molecule has 0 aliphatic heterocycles. The number of carboxylic acids is 1. The number of aliphatic carboxylic acids is 1. The average molecular weight is 254 g/mol. The molecule has 2 rings (SSSR count). The number of carboxylic acid groups (broad SMARTS) is 1. The van der Waals surface area contributed by atoms with Crippen molar-refractivity contribution < 1.29 is 9.90 Å². The molecule has 4 heteroatoms. The van der Waals surface area contributed by atoms with Crippen LogP contribution in [0, 0.1) is 5.92 Å². The maximum atomic E-state index is 11.3. The summed E-state index contributed by atoms with van der Waals surface area (Å²) in [7, 11) is 0. The minimum atomic E-state index is -0.814. The number of hydrogen-bond acceptors (Lipinski definition) is 2. The smallest absolute Gasteiger partial charge is 0.311 e. The van der Waals surface area contributed by atoms with E-state index in [0.717, 1.165) is 12.8 Å². The van der Waals surface area contributed by atoms with Gasteiger partial charge >= 0.3 is 5.97 Å². The molecule has 1 fully saturated rings. The van der Waals surface area contributed by atoms with Gasteiger partial charge in [-0.25, -0.2) is 0 Å². The van der Waals surface area contributed by atoms with Gasteiger partial charge in [-0.3, -0.25) is 4.79 Å². The molecular weight excluding hydrogens is 238 g/mol. The third kappa shape index (κ3) is 2.55. The molecule has 3 nitrogen and oxygen atoms in total. The Morgan fingerprint density at radius 3 is 2.76 bits per heavy atom. The highest BCUT2D eigenvalue weighted by molar-refractivity contribution is 6.33. The van der Waals surface area contributed by atoms with Gasteiger partial charge in [-0.15, -0.1) is 0 Å². The molecule has 1 aromatic rings. The fourth-order valence-corrected chi connectivity index (χ4v) is 2.46. The number of rotatable bonds is 4. The molecule has 3 N–H and O–H groups in total. The van der Waals surface area contributed by atoms with Crippen LogP contribution in [-0.2, 0) is 4.79 Å². The first-order chi connectivity index (χ1) is 8.09. The van der Waals surface area contributed by atoms with Crippen LogP contribution in [0.15, 0.2) is 18.2 Å². The van der Waals surface area contributed by atoms with Gasteiger partial charge in [0.05, 0.1) is 16.6 Å². The maximum absolute atomic E-state index is 11.3. The van der Waals surface area contributed by atoms with Crippen molar-refractivity contribution in [3.8, 4) is 0 Å². The van der Waals surface area contributed by atoms with E-state index in [0.29, 0.717) is 28.6 Å². The number of para-hydroxylation sites is 1. The van der Waals surface area contributed by atoms with E-state index >= 15 is 0 Å². The van der Waals surface area contributed by atoms with Gasteiger partial charge in [0.15, 0.2) is 0 Å². The second-order valence-electron chi connectivity index (χ2n) is 4.67. The van der Waals surface area contributed by atoms with E-state index in [1.807, 2.05) is 0 Å². The number of benzene rings is 1. The second kappa shape index (κ2) is 4.96. The van der Waals surface area contributed by atoms with Crippen molar-refractivity contribution in [1.82, 2.24) is 0 Å². The van der Waals surface area contributed by atoms with Crippen LogP contribution in [-0.4, -0.2) is 11.1 Å². The number of hydrogen-bond donors (Lipinski definition) is 2. The third-order valence-electron chi connectivity index (χ3n) is 3.55. The Labute approximate surface area is 106 Å². The van der Waals surface area contributed by atoms with Gasteiger partial charge in [-0.1, -0.05) is 43.0 Å². The number of halogens is 1. The molecule has 0 spiro atoms. The summed E-state index contributed by atoms with van der Waals surface area (Å²) in [6.07, 6.45) is 4.14. The first kappa shape index (κ1) is 12.2. The summed E-state index contributed by atoms with van der Waals surface area (Å²) in [5.41, 5.74) is 6.91. The van der Waals surface area contributed by atoms with E-state index in [4.69, 9.17) is 17.3 Å². The molecular formula is C13H16ClNO2. The van der Waals surface area contributed by atoms with Crippen LogP contribution in [0.1, 0.15) is 37.2 Å². The van der Waals surface area contributed by atoms with Crippen LogP contribution in [0.3, 0.4) is 0 Å². The topological polar surface area (TPSA) is 63.3 Å². The van der Waals surface area contributed by atoms with Crippen molar-refractivity contribution in [3.05, 3.63) is 28.8 Å². The summed E-state index contributed by atoms with van der Waals surface area (Å²) in [4.78, 5) is 11.3. The SMILES string of the molecule is Nc1c(Cl)cccc1C(CC1CCC1)C(=O)O. The summed E-state index contributed by atoms with van der Waals surface area (Å²) in [6, 6.07) is 5.20. The Hall–Kier alpha value is -1.22. The van der Waals surface area contributed by atoms with Gasteiger partial charge in [0.2, 0.25) is 0 Å². The molecule has 0 saturated heterocycles. The second-order valence-corrected chi connectivity index (χ2v) is 5.07. The van der Waals surface area contributed by atoms with Gasteiger partial charge in [0.25, 0.3) is 0 Å². The quantitative estimate of drug-likeness (QED) is 0.810. The van der Waals surface area contributed by atoms with Crippen molar-refractivity contribution in [2.24, 2.45) is 5.92 Å². The van der Waals surface area contributed by atoms with Crippen LogP contribution >= 0.6 is 11.6 Å². The predicted molar refractivity (Wildman–Crippen MR) is 68.2 cm³/mol.